The summed E-state index contributed by atoms with van der Waals surface area (Å²) in [5.41, 5.74) is 2.73. The van der Waals surface area contributed by atoms with E-state index in [9.17, 15) is 4.79 Å². The Morgan fingerprint density at radius 3 is 2.68 bits per heavy atom. The van der Waals surface area contributed by atoms with Crippen LogP contribution in [0.4, 0.5) is 0 Å². The smallest absolute Gasteiger partial charge is 0.236 e. The van der Waals surface area contributed by atoms with Crippen LogP contribution in [-0.4, -0.2) is 15.5 Å². The molecule has 2 aromatic heterocycles. The number of benzene rings is 3. The quantitative estimate of drug-likeness (QED) is 0.437. The summed E-state index contributed by atoms with van der Waals surface area (Å²) in [6, 6.07) is 22.4. The lowest BCUT2D eigenvalue weighted by Crippen LogP contribution is -2.12. The van der Waals surface area contributed by atoms with E-state index in [0.717, 1.165) is 16.6 Å². The van der Waals surface area contributed by atoms with E-state index >= 15 is 0 Å². The van der Waals surface area contributed by atoms with Crippen LogP contribution in [0.3, 0.4) is 0 Å². The maximum absolute atomic E-state index is 12.8. The highest BCUT2D eigenvalue weighted by Crippen LogP contribution is 2.34. The summed E-state index contributed by atoms with van der Waals surface area (Å²) in [6.45, 7) is 0. The minimum absolute atomic E-state index is 0.0348. The largest absolute Gasteiger partial charge is 0.274 e. The van der Waals surface area contributed by atoms with E-state index in [1.807, 2.05) is 24.3 Å². The third kappa shape index (κ3) is 2.34. The Morgan fingerprint density at radius 1 is 0.920 bits per heavy atom. The molecule has 3 aromatic carbocycles. The van der Waals surface area contributed by atoms with E-state index in [1.165, 1.54) is 20.2 Å². The van der Waals surface area contributed by atoms with Gasteiger partial charge in [0.15, 0.2) is 0 Å². The number of thiophene rings is 1. The average molecular weight is 342 g/mol. The molecule has 0 aliphatic rings. The number of nitrogens with zero attached hydrogens (tertiary/aromatic N) is 2. The molecule has 0 aliphatic carbocycles. The molecule has 0 spiro atoms. The third-order valence-corrected chi connectivity index (χ3v) is 5.67. The monoisotopic (exact) mass is 342 g/mol. The first kappa shape index (κ1) is 14.4. The average Bonchev–Trinajstić information content (AvgIpc) is 3.23. The van der Waals surface area contributed by atoms with Gasteiger partial charge < -0.3 is 0 Å². The Balaban J connectivity index is 1.55. The highest BCUT2D eigenvalue weighted by molar-refractivity contribution is 7.25. The van der Waals surface area contributed by atoms with Crippen LogP contribution in [0.2, 0.25) is 0 Å². The predicted octanol–water partition coefficient (Wildman–Crippen LogP) is 5.29. The van der Waals surface area contributed by atoms with Crippen LogP contribution in [-0.2, 0) is 6.42 Å². The molecular formula is C21H14N2OS. The van der Waals surface area contributed by atoms with Crippen molar-refractivity contribution in [2.24, 2.45) is 0 Å². The van der Waals surface area contributed by atoms with Crippen molar-refractivity contribution in [2.75, 3.05) is 0 Å². The molecule has 5 rings (SSSR count). The fourth-order valence-electron chi connectivity index (χ4n) is 3.30. The van der Waals surface area contributed by atoms with Crippen LogP contribution < -0.4 is 0 Å². The number of hydrogen-bond acceptors (Lipinski definition) is 3. The van der Waals surface area contributed by atoms with Crippen molar-refractivity contribution < 1.29 is 4.79 Å². The van der Waals surface area contributed by atoms with Crippen LogP contribution in [0.1, 0.15) is 10.4 Å². The SMILES string of the molecule is O=C(Cc1ccc2sc3ccccc3c2c1)n1cnc2ccccc21. The molecule has 2 heterocycles. The lowest BCUT2D eigenvalue weighted by Gasteiger charge is -2.04. The molecule has 0 radical (unpaired) electrons. The van der Waals surface area contributed by atoms with E-state index in [4.69, 9.17) is 0 Å². The Bertz CT molecular complexity index is 1250. The van der Waals surface area contributed by atoms with Crippen molar-refractivity contribution in [2.45, 2.75) is 6.42 Å². The molecule has 0 N–H and O–H groups in total. The molecule has 0 bridgehead atoms. The van der Waals surface area contributed by atoms with Gasteiger partial charge in [0.05, 0.1) is 17.5 Å². The number of carbonyl (C=O) groups excluding carboxylic acids is 1. The van der Waals surface area contributed by atoms with E-state index in [2.05, 4.69) is 47.4 Å². The van der Waals surface area contributed by atoms with E-state index in [0.29, 0.717) is 6.42 Å². The number of rotatable bonds is 2. The molecule has 0 aliphatic heterocycles. The van der Waals surface area contributed by atoms with Gasteiger partial charge in [0.2, 0.25) is 5.91 Å². The first-order valence-electron chi connectivity index (χ1n) is 8.15. The van der Waals surface area contributed by atoms with Gasteiger partial charge in [0.1, 0.15) is 6.33 Å². The molecule has 4 heteroatoms. The van der Waals surface area contributed by atoms with E-state index in [-0.39, 0.29) is 5.91 Å². The van der Waals surface area contributed by atoms with Crippen LogP contribution in [0.25, 0.3) is 31.2 Å². The summed E-state index contributed by atoms with van der Waals surface area (Å²) < 4.78 is 4.18. The zero-order chi connectivity index (χ0) is 16.8. The predicted molar refractivity (Wildman–Crippen MR) is 103 cm³/mol. The van der Waals surface area contributed by atoms with Gasteiger partial charge in [-0.2, -0.15) is 0 Å². The van der Waals surface area contributed by atoms with E-state index < -0.39 is 0 Å². The van der Waals surface area contributed by atoms with Crippen molar-refractivity contribution >= 4 is 48.4 Å². The highest BCUT2D eigenvalue weighted by Gasteiger charge is 2.12. The maximum Gasteiger partial charge on any atom is 0.236 e. The molecule has 5 aromatic rings. The number of hydrogen-bond donors (Lipinski definition) is 0. The van der Waals surface area contributed by atoms with Gasteiger partial charge in [-0.3, -0.25) is 9.36 Å². The molecule has 3 nitrogen and oxygen atoms in total. The topological polar surface area (TPSA) is 34.9 Å². The Morgan fingerprint density at radius 2 is 1.72 bits per heavy atom. The summed E-state index contributed by atoms with van der Waals surface area (Å²) >= 11 is 1.79. The van der Waals surface area contributed by atoms with Gasteiger partial charge in [0.25, 0.3) is 0 Å². The second-order valence-electron chi connectivity index (χ2n) is 6.10. The molecular weight excluding hydrogens is 328 g/mol. The van der Waals surface area contributed by atoms with Crippen molar-refractivity contribution in [3.63, 3.8) is 0 Å². The van der Waals surface area contributed by atoms with Crippen molar-refractivity contribution in [3.05, 3.63) is 78.6 Å². The molecule has 0 atom stereocenters. The molecule has 0 saturated heterocycles. The summed E-state index contributed by atoms with van der Waals surface area (Å²) in [6.07, 6.45) is 1.98. The van der Waals surface area contributed by atoms with Crippen LogP contribution in [0.5, 0.6) is 0 Å². The minimum atomic E-state index is 0.0348. The number of carbonyl (C=O) groups is 1. The van der Waals surface area contributed by atoms with Crippen LogP contribution >= 0.6 is 11.3 Å². The fourth-order valence-corrected chi connectivity index (χ4v) is 4.39. The van der Waals surface area contributed by atoms with E-state index in [1.54, 1.807) is 22.2 Å². The van der Waals surface area contributed by atoms with Gasteiger partial charge in [-0.1, -0.05) is 36.4 Å². The van der Waals surface area contributed by atoms with Gasteiger partial charge >= 0.3 is 0 Å². The Labute approximate surface area is 148 Å². The second kappa shape index (κ2) is 5.53. The molecule has 0 amide bonds. The van der Waals surface area contributed by atoms with Crippen molar-refractivity contribution in [3.8, 4) is 0 Å². The molecule has 25 heavy (non-hydrogen) atoms. The standard InChI is InChI=1S/C21H14N2OS/c24-21(23-13-22-17-6-2-3-7-18(17)23)12-14-9-10-20-16(11-14)15-5-1-4-8-19(15)25-20/h1-11,13H,12H2. The molecule has 120 valence electrons. The Kier molecular flexibility index (Phi) is 3.18. The zero-order valence-electron chi connectivity index (χ0n) is 13.3. The summed E-state index contributed by atoms with van der Waals surface area (Å²) in [4.78, 5) is 17.1. The normalized spacial score (nSPS) is 11.5. The number of imidazole rings is 1. The second-order valence-corrected chi connectivity index (χ2v) is 7.19. The van der Waals surface area contributed by atoms with Crippen molar-refractivity contribution in [1.29, 1.82) is 0 Å². The minimum Gasteiger partial charge on any atom is -0.274 e. The maximum atomic E-state index is 12.8. The first-order chi connectivity index (χ1) is 12.3. The van der Waals surface area contributed by atoms with Gasteiger partial charge in [-0.25, -0.2) is 4.98 Å². The summed E-state index contributed by atoms with van der Waals surface area (Å²) in [5, 5.41) is 2.48. The number of fused-ring (bicyclic) bond motifs is 4. The van der Waals surface area contributed by atoms with Crippen LogP contribution in [0, 0.1) is 0 Å². The van der Waals surface area contributed by atoms with Gasteiger partial charge in [-0.05, 0) is 35.9 Å². The summed E-state index contributed by atoms with van der Waals surface area (Å²) in [7, 11) is 0. The molecule has 0 saturated carbocycles. The molecule has 0 fully saturated rings. The van der Waals surface area contributed by atoms with Gasteiger partial charge in [0, 0.05) is 20.2 Å². The number of para-hydroxylation sites is 2. The number of aromatic nitrogens is 2. The lowest BCUT2D eigenvalue weighted by molar-refractivity contribution is 0.0919. The lowest BCUT2D eigenvalue weighted by atomic mass is 10.1. The zero-order valence-corrected chi connectivity index (χ0v) is 14.2. The first-order valence-corrected chi connectivity index (χ1v) is 8.97. The van der Waals surface area contributed by atoms with Crippen molar-refractivity contribution in [1.82, 2.24) is 9.55 Å². The highest BCUT2D eigenvalue weighted by atomic mass is 32.1. The van der Waals surface area contributed by atoms with Gasteiger partial charge in [-0.15, -0.1) is 11.3 Å². The Hall–Kier alpha value is -2.98. The molecule has 0 unspecified atom stereocenters. The third-order valence-electron chi connectivity index (χ3n) is 4.52. The fraction of sp³-hybridized carbons (Fsp3) is 0.0476. The van der Waals surface area contributed by atoms with Crippen LogP contribution in [0.15, 0.2) is 73.1 Å². The summed E-state index contributed by atoms with van der Waals surface area (Å²) in [5.74, 6) is 0.0348.